The van der Waals surface area contributed by atoms with Gasteiger partial charge in [-0.1, -0.05) is 5.43 Å². The van der Waals surface area contributed by atoms with Gasteiger partial charge in [-0.25, -0.2) is 20.1 Å². The molecule has 0 atom stereocenters. The molecule has 0 fully saturated rings. The second-order valence-corrected chi connectivity index (χ2v) is 1.91. The summed E-state index contributed by atoms with van der Waals surface area (Å²) in [5, 5.41) is 9.25. The molecule has 0 aliphatic carbocycles. The van der Waals surface area contributed by atoms with Gasteiger partial charge in [-0.05, 0) is 6.92 Å². The summed E-state index contributed by atoms with van der Waals surface area (Å²) >= 11 is 0. The van der Waals surface area contributed by atoms with Crippen LogP contribution in [0, 0.1) is 17.0 Å². The minimum atomic E-state index is -0.665. The van der Waals surface area contributed by atoms with Crippen molar-refractivity contribution in [2.75, 3.05) is 5.43 Å². The van der Waals surface area contributed by atoms with Crippen LogP contribution < -0.4 is 5.43 Å². The van der Waals surface area contributed by atoms with Crippen LogP contribution in [0.15, 0.2) is 12.4 Å². The first-order valence-corrected chi connectivity index (χ1v) is 2.88. The molecule has 0 spiro atoms. The second-order valence-electron chi connectivity index (χ2n) is 1.91. The summed E-state index contributed by atoms with van der Waals surface area (Å²) < 4.78 is 0. The molecule has 0 bridgehead atoms. The highest BCUT2D eigenvalue weighted by atomic mass is 16.7. The zero-order chi connectivity index (χ0) is 8.27. The van der Waals surface area contributed by atoms with E-state index in [4.69, 9.17) is 0 Å². The predicted octanol–water partition coefficient (Wildman–Crippen LogP) is 0.389. The third-order valence-corrected chi connectivity index (χ3v) is 1.01. The maximum absolute atomic E-state index is 9.91. The molecule has 0 aromatic carbocycles. The van der Waals surface area contributed by atoms with Crippen LogP contribution in [0.4, 0.5) is 5.82 Å². The highest BCUT2D eigenvalue weighted by Gasteiger charge is 1.99. The monoisotopic (exact) mass is 154 g/mol. The lowest BCUT2D eigenvalue weighted by Crippen LogP contribution is -2.09. The van der Waals surface area contributed by atoms with Gasteiger partial charge in [0.25, 0.3) is 0 Å². The molecule has 0 saturated carbocycles. The first-order valence-electron chi connectivity index (χ1n) is 2.88. The van der Waals surface area contributed by atoms with Gasteiger partial charge in [0.2, 0.25) is 0 Å². The van der Waals surface area contributed by atoms with Crippen molar-refractivity contribution in [3.05, 3.63) is 28.2 Å². The molecule has 0 aliphatic heterocycles. The Balaban J connectivity index is 2.79. The Bertz CT molecular complexity index is 275. The van der Waals surface area contributed by atoms with Crippen LogP contribution >= 0.6 is 0 Å². The lowest BCUT2D eigenvalue weighted by Gasteiger charge is -1.94. The van der Waals surface area contributed by atoms with Gasteiger partial charge in [-0.3, -0.25) is 0 Å². The van der Waals surface area contributed by atoms with E-state index in [-0.39, 0.29) is 5.82 Å². The third kappa shape index (κ3) is 2.17. The van der Waals surface area contributed by atoms with Gasteiger partial charge in [0.1, 0.15) is 6.33 Å². The Kier molecular flexibility index (Phi) is 1.95. The fourth-order valence-electron chi connectivity index (χ4n) is 0.609. The Morgan fingerprint density at radius 3 is 2.91 bits per heavy atom. The average molecular weight is 154 g/mol. The van der Waals surface area contributed by atoms with E-state index < -0.39 is 5.03 Å². The van der Waals surface area contributed by atoms with Crippen LogP contribution in [0.1, 0.15) is 5.69 Å². The van der Waals surface area contributed by atoms with E-state index in [9.17, 15) is 10.1 Å². The molecule has 1 heterocycles. The minimum Gasteiger partial charge on any atom is -0.242 e. The van der Waals surface area contributed by atoms with Gasteiger partial charge in [0.05, 0.1) is 0 Å². The molecule has 58 valence electrons. The van der Waals surface area contributed by atoms with Crippen LogP contribution in [0.3, 0.4) is 0 Å². The standard InChI is InChI=1S/C5H6N4O2/c1-4-2-5(7-3-6-4)8-9(10)11/h2-3H,1H3,(H,6,7,8). The Labute approximate surface area is 62.4 Å². The SMILES string of the molecule is Cc1cc(N[N+](=O)[O-])ncn1. The predicted molar refractivity (Wildman–Crippen MR) is 37.4 cm³/mol. The van der Waals surface area contributed by atoms with Gasteiger partial charge in [-0.15, -0.1) is 0 Å². The molecule has 6 heteroatoms. The van der Waals surface area contributed by atoms with Gasteiger partial charge >= 0.3 is 0 Å². The van der Waals surface area contributed by atoms with E-state index in [0.29, 0.717) is 5.69 Å². The molecule has 1 aromatic rings. The van der Waals surface area contributed by atoms with Gasteiger partial charge in [0, 0.05) is 11.8 Å². The van der Waals surface area contributed by atoms with E-state index in [0.717, 1.165) is 0 Å². The van der Waals surface area contributed by atoms with Crippen molar-refractivity contribution in [1.82, 2.24) is 9.97 Å². The molecule has 0 aliphatic rings. The van der Waals surface area contributed by atoms with Gasteiger partial charge in [-0.2, -0.15) is 0 Å². The van der Waals surface area contributed by atoms with Crippen molar-refractivity contribution in [3.63, 3.8) is 0 Å². The summed E-state index contributed by atoms with van der Waals surface area (Å²) in [7, 11) is 0. The van der Waals surface area contributed by atoms with Crippen molar-refractivity contribution in [1.29, 1.82) is 0 Å². The Morgan fingerprint density at radius 2 is 2.36 bits per heavy atom. The van der Waals surface area contributed by atoms with Crippen molar-refractivity contribution in [3.8, 4) is 0 Å². The highest BCUT2D eigenvalue weighted by molar-refractivity contribution is 5.30. The fourth-order valence-corrected chi connectivity index (χ4v) is 0.609. The van der Waals surface area contributed by atoms with Gasteiger partial charge < -0.3 is 0 Å². The van der Waals surface area contributed by atoms with Crippen LogP contribution in [0.5, 0.6) is 0 Å². The molecule has 0 radical (unpaired) electrons. The van der Waals surface area contributed by atoms with Gasteiger partial charge in [0.15, 0.2) is 10.9 Å². The summed E-state index contributed by atoms with van der Waals surface area (Å²) in [6, 6.07) is 1.49. The minimum absolute atomic E-state index is 0.197. The molecule has 6 nitrogen and oxygen atoms in total. The number of anilines is 1. The molecule has 1 aromatic heterocycles. The number of hydrazine groups is 1. The molecular formula is C5H6N4O2. The van der Waals surface area contributed by atoms with Crippen molar-refractivity contribution in [2.45, 2.75) is 6.92 Å². The number of aryl methyl sites for hydroxylation is 1. The van der Waals surface area contributed by atoms with Crippen LogP contribution in [0.2, 0.25) is 0 Å². The number of hydrogen-bond acceptors (Lipinski definition) is 4. The molecular weight excluding hydrogens is 148 g/mol. The molecule has 0 amide bonds. The number of nitrogens with one attached hydrogen (secondary N) is 1. The second kappa shape index (κ2) is 2.91. The number of aromatic nitrogens is 2. The van der Waals surface area contributed by atoms with E-state index in [2.05, 4.69) is 9.97 Å². The molecule has 0 saturated heterocycles. The third-order valence-electron chi connectivity index (χ3n) is 1.01. The van der Waals surface area contributed by atoms with E-state index in [1.54, 1.807) is 6.92 Å². The maximum Gasteiger partial charge on any atom is 0.193 e. The van der Waals surface area contributed by atoms with Crippen molar-refractivity contribution >= 4 is 5.82 Å². The van der Waals surface area contributed by atoms with Crippen molar-refractivity contribution in [2.24, 2.45) is 0 Å². The largest absolute Gasteiger partial charge is 0.242 e. The number of nitro groups is 1. The smallest absolute Gasteiger partial charge is 0.193 e. The maximum atomic E-state index is 9.91. The average Bonchev–Trinajstić information content (AvgIpc) is 1.85. The molecule has 1 N–H and O–H groups in total. The zero-order valence-electron chi connectivity index (χ0n) is 5.81. The summed E-state index contributed by atoms with van der Waals surface area (Å²) in [5.41, 5.74) is 2.60. The van der Waals surface area contributed by atoms with Crippen LogP contribution in [-0.2, 0) is 0 Å². The summed E-state index contributed by atoms with van der Waals surface area (Å²) in [6.45, 7) is 1.73. The fraction of sp³-hybridized carbons (Fsp3) is 0.200. The van der Waals surface area contributed by atoms with Crippen LogP contribution in [-0.4, -0.2) is 15.0 Å². The van der Waals surface area contributed by atoms with Crippen LogP contribution in [0.25, 0.3) is 0 Å². The topological polar surface area (TPSA) is 81.0 Å². The number of hydrogen-bond donors (Lipinski definition) is 1. The molecule has 11 heavy (non-hydrogen) atoms. The first kappa shape index (κ1) is 7.39. The van der Waals surface area contributed by atoms with E-state index in [1.165, 1.54) is 12.4 Å². The van der Waals surface area contributed by atoms with Crippen molar-refractivity contribution < 1.29 is 5.03 Å². The normalized spacial score (nSPS) is 9.18. The highest BCUT2D eigenvalue weighted by Crippen LogP contribution is 2.00. The lowest BCUT2D eigenvalue weighted by atomic mass is 10.4. The van der Waals surface area contributed by atoms with E-state index in [1.807, 2.05) is 5.43 Å². The Hall–Kier alpha value is -1.72. The molecule has 0 unspecified atom stereocenters. The number of nitrogens with zero attached hydrogens (tertiary/aromatic N) is 3. The van der Waals surface area contributed by atoms with E-state index >= 15 is 0 Å². The first-order chi connectivity index (χ1) is 5.18. The summed E-state index contributed by atoms with van der Waals surface area (Å²) in [6.07, 6.45) is 1.27. The molecule has 1 rings (SSSR count). The lowest BCUT2D eigenvalue weighted by molar-refractivity contribution is -0.445. The Morgan fingerprint density at radius 1 is 1.64 bits per heavy atom. The number of rotatable bonds is 2. The zero-order valence-corrected chi connectivity index (χ0v) is 5.81. The summed E-state index contributed by atoms with van der Waals surface area (Å²) in [5.74, 6) is 0.197. The quantitative estimate of drug-likeness (QED) is 0.492. The summed E-state index contributed by atoms with van der Waals surface area (Å²) in [4.78, 5) is 17.3.